The van der Waals surface area contributed by atoms with E-state index in [1.165, 1.54) is 11.8 Å². The number of carbonyl (C=O) groups is 1. The lowest BCUT2D eigenvalue weighted by Gasteiger charge is -2.24. The first-order valence-corrected chi connectivity index (χ1v) is 8.36. The summed E-state index contributed by atoms with van der Waals surface area (Å²) in [5.41, 5.74) is -0.185. The number of nitrogens with zero attached hydrogens (tertiary/aromatic N) is 3. The van der Waals surface area contributed by atoms with Gasteiger partial charge in [-0.25, -0.2) is 0 Å². The number of hydrogen-bond donors (Lipinski definition) is 1. The second kappa shape index (κ2) is 7.00. The largest absolute Gasteiger partial charge is 0.461 e. The Morgan fingerprint density at radius 3 is 2.77 bits per heavy atom. The maximum Gasteiger partial charge on any atom is 0.230 e. The number of aromatic nitrogens is 3. The fourth-order valence-corrected chi connectivity index (χ4v) is 2.70. The molecule has 0 atom stereocenters. The van der Waals surface area contributed by atoms with Gasteiger partial charge >= 0.3 is 0 Å². The van der Waals surface area contributed by atoms with E-state index in [4.69, 9.17) is 4.42 Å². The summed E-state index contributed by atoms with van der Waals surface area (Å²) in [6.45, 7) is 8.81. The van der Waals surface area contributed by atoms with E-state index in [0.717, 1.165) is 11.6 Å². The number of carbonyl (C=O) groups excluding carboxylic acids is 1. The molecule has 0 radical (unpaired) electrons. The van der Waals surface area contributed by atoms with Crippen molar-refractivity contribution in [2.75, 3.05) is 5.75 Å². The summed E-state index contributed by atoms with van der Waals surface area (Å²) in [6.07, 6.45) is 2.49. The quantitative estimate of drug-likeness (QED) is 0.793. The molecule has 0 unspecified atom stereocenters. The third-order valence-electron chi connectivity index (χ3n) is 3.47. The molecule has 0 aliphatic heterocycles. The average molecular weight is 322 g/mol. The highest BCUT2D eigenvalue weighted by Crippen LogP contribution is 2.24. The number of nitrogens with one attached hydrogen (secondary N) is 1. The lowest BCUT2D eigenvalue weighted by Crippen LogP contribution is -2.43. The Morgan fingerprint density at radius 1 is 1.41 bits per heavy atom. The summed E-state index contributed by atoms with van der Waals surface area (Å²) < 4.78 is 7.32. The molecule has 22 heavy (non-hydrogen) atoms. The van der Waals surface area contributed by atoms with Gasteiger partial charge in [-0.2, -0.15) is 0 Å². The van der Waals surface area contributed by atoms with Gasteiger partial charge in [-0.1, -0.05) is 18.7 Å². The zero-order valence-corrected chi connectivity index (χ0v) is 14.2. The van der Waals surface area contributed by atoms with Crippen LogP contribution in [0.5, 0.6) is 0 Å². The number of furan rings is 1. The van der Waals surface area contributed by atoms with Crippen molar-refractivity contribution in [3.8, 4) is 11.6 Å². The van der Waals surface area contributed by atoms with Gasteiger partial charge in [0.25, 0.3) is 0 Å². The smallest absolute Gasteiger partial charge is 0.230 e. The van der Waals surface area contributed by atoms with Crippen LogP contribution < -0.4 is 5.32 Å². The SMILES string of the molecule is CCn1c(SCC(=O)NC(C)(C)CC)nnc1-c1ccco1. The third-order valence-corrected chi connectivity index (χ3v) is 4.44. The third kappa shape index (κ3) is 3.91. The van der Waals surface area contributed by atoms with Gasteiger partial charge in [0.05, 0.1) is 12.0 Å². The summed E-state index contributed by atoms with van der Waals surface area (Å²) in [7, 11) is 0. The molecule has 0 spiro atoms. The predicted octanol–water partition coefficient (Wildman–Crippen LogP) is 2.95. The molecule has 0 aromatic carbocycles. The van der Waals surface area contributed by atoms with Gasteiger partial charge in [-0.3, -0.25) is 9.36 Å². The molecule has 120 valence electrons. The van der Waals surface area contributed by atoms with Crippen molar-refractivity contribution in [1.82, 2.24) is 20.1 Å². The van der Waals surface area contributed by atoms with E-state index in [-0.39, 0.29) is 11.4 Å². The van der Waals surface area contributed by atoms with Crippen molar-refractivity contribution < 1.29 is 9.21 Å². The number of thioether (sulfide) groups is 1. The van der Waals surface area contributed by atoms with Crippen molar-refractivity contribution in [3.63, 3.8) is 0 Å². The van der Waals surface area contributed by atoms with Gasteiger partial charge in [0, 0.05) is 12.1 Å². The molecule has 0 saturated heterocycles. The molecule has 2 aromatic heterocycles. The van der Waals surface area contributed by atoms with Gasteiger partial charge in [0.1, 0.15) is 0 Å². The zero-order valence-electron chi connectivity index (χ0n) is 13.4. The molecule has 2 rings (SSSR count). The fourth-order valence-electron chi connectivity index (χ4n) is 1.90. The van der Waals surface area contributed by atoms with Crippen LogP contribution in [0.15, 0.2) is 28.0 Å². The minimum Gasteiger partial charge on any atom is -0.461 e. The highest BCUT2D eigenvalue weighted by atomic mass is 32.2. The fraction of sp³-hybridized carbons (Fsp3) is 0.533. The topological polar surface area (TPSA) is 73.0 Å². The number of amides is 1. The maximum atomic E-state index is 12.0. The number of hydrogen-bond acceptors (Lipinski definition) is 5. The van der Waals surface area contributed by atoms with Gasteiger partial charge in [-0.05, 0) is 39.3 Å². The van der Waals surface area contributed by atoms with E-state index in [1.807, 2.05) is 37.5 Å². The molecular formula is C15H22N4O2S. The van der Waals surface area contributed by atoms with Crippen molar-refractivity contribution >= 4 is 17.7 Å². The van der Waals surface area contributed by atoms with Crippen LogP contribution in [0.3, 0.4) is 0 Å². The molecule has 1 N–H and O–H groups in total. The van der Waals surface area contributed by atoms with Gasteiger partial charge in [-0.15, -0.1) is 10.2 Å². The molecule has 0 aliphatic carbocycles. The van der Waals surface area contributed by atoms with E-state index < -0.39 is 0 Å². The molecular weight excluding hydrogens is 300 g/mol. The Hall–Kier alpha value is -1.76. The molecule has 0 aliphatic rings. The monoisotopic (exact) mass is 322 g/mol. The summed E-state index contributed by atoms with van der Waals surface area (Å²) in [6, 6.07) is 3.66. The summed E-state index contributed by atoms with van der Waals surface area (Å²) in [4.78, 5) is 12.0. The van der Waals surface area contributed by atoms with Crippen molar-refractivity contribution in [1.29, 1.82) is 0 Å². The molecule has 2 heterocycles. The minimum atomic E-state index is -0.185. The molecule has 7 heteroatoms. The second-order valence-electron chi connectivity index (χ2n) is 5.60. The average Bonchev–Trinajstić information content (AvgIpc) is 3.13. The summed E-state index contributed by atoms with van der Waals surface area (Å²) >= 11 is 1.38. The zero-order chi connectivity index (χ0) is 16.2. The van der Waals surface area contributed by atoms with Crippen molar-refractivity contribution in [3.05, 3.63) is 18.4 Å². The standard InChI is InChI=1S/C15H22N4O2S/c1-5-15(3,4)16-12(20)10-22-14-18-17-13(19(14)6-2)11-8-7-9-21-11/h7-9H,5-6,10H2,1-4H3,(H,16,20). The Kier molecular flexibility index (Phi) is 5.28. The van der Waals surface area contributed by atoms with Crippen LogP contribution >= 0.6 is 11.8 Å². The van der Waals surface area contributed by atoms with Gasteiger partial charge in [0.2, 0.25) is 5.91 Å². The molecule has 2 aromatic rings. The van der Waals surface area contributed by atoms with Crippen LogP contribution in [-0.4, -0.2) is 32.0 Å². The van der Waals surface area contributed by atoms with E-state index in [2.05, 4.69) is 22.4 Å². The molecule has 0 fully saturated rings. The first-order chi connectivity index (χ1) is 10.5. The van der Waals surface area contributed by atoms with Crippen LogP contribution in [0.4, 0.5) is 0 Å². The first-order valence-electron chi connectivity index (χ1n) is 7.37. The Labute approximate surface area is 134 Å². The van der Waals surface area contributed by atoms with Crippen LogP contribution in [0, 0.1) is 0 Å². The normalized spacial score (nSPS) is 11.6. The van der Waals surface area contributed by atoms with Gasteiger partial charge in [0.15, 0.2) is 16.7 Å². The molecule has 0 saturated carbocycles. The Morgan fingerprint density at radius 2 is 2.18 bits per heavy atom. The first kappa shape index (κ1) is 16.6. The lowest BCUT2D eigenvalue weighted by atomic mass is 10.0. The molecule has 1 amide bonds. The Balaban J connectivity index is 2.03. The van der Waals surface area contributed by atoms with Crippen LogP contribution in [0.25, 0.3) is 11.6 Å². The van der Waals surface area contributed by atoms with Crippen molar-refractivity contribution in [2.24, 2.45) is 0 Å². The predicted molar refractivity (Wildman–Crippen MR) is 86.6 cm³/mol. The summed E-state index contributed by atoms with van der Waals surface area (Å²) in [5.74, 6) is 1.68. The van der Waals surface area contributed by atoms with Crippen molar-refractivity contribution in [2.45, 2.75) is 51.4 Å². The van der Waals surface area contributed by atoms with E-state index in [1.54, 1.807) is 6.26 Å². The van der Waals surface area contributed by atoms with Crippen LogP contribution in [0.2, 0.25) is 0 Å². The second-order valence-corrected chi connectivity index (χ2v) is 6.54. The maximum absolute atomic E-state index is 12.0. The lowest BCUT2D eigenvalue weighted by molar-refractivity contribution is -0.120. The highest BCUT2D eigenvalue weighted by Gasteiger charge is 2.20. The Bertz CT molecular complexity index is 620. The van der Waals surface area contributed by atoms with Gasteiger partial charge < -0.3 is 9.73 Å². The highest BCUT2D eigenvalue weighted by molar-refractivity contribution is 7.99. The molecule has 6 nitrogen and oxygen atoms in total. The summed E-state index contributed by atoms with van der Waals surface area (Å²) in [5, 5.41) is 12.1. The van der Waals surface area contributed by atoms with E-state index >= 15 is 0 Å². The van der Waals surface area contributed by atoms with Crippen LogP contribution in [0.1, 0.15) is 34.1 Å². The molecule has 0 bridgehead atoms. The number of rotatable bonds is 7. The van der Waals surface area contributed by atoms with Crippen LogP contribution in [-0.2, 0) is 11.3 Å². The van der Waals surface area contributed by atoms with E-state index in [0.29, 0.717) is 23.9 Å². The minimum absolute atomic E-state index is 0.00190. The van der Waals surface area contributed by atoms with E-state index in [9.17, 15) is 4.79 Å².